The van der Waals surface area contributed by atoms with E-state index in [9.17, 15) is 18.0 Å². The van der Waals surface area contributed by atoms with Crippen molar-refractivity contribution in [2.24, 2.45) is 0 Å². The third kappa shape index (κ3) is 10.1. The predicted molar refractivity (Wildman–Crippen MR) is 167 cm³/mol. The summed E-state index contributed by atoms with van der Waals surface area (Å²) in [6.45, 7) is 8.34. The van der Waals surface area contributed by atoms with Crippen LogP contribution in [0.1, 0.15) is 90.0 Å². The summed E-state index contributed by atoms with van der Waals surface area (Å²) in [5.41, 5.74) is 0.731. The molecule has 0 unspecified atom stereocenters. The number of unbranched alkanes of at least 4 members (excludes halogenated alkanes) is 6. The number of rotatable bonds is 16. The molecule has 2 aromatic rings. The Kier molecular flexibility index (Phi) is 12.7. The lowest BCUT2D eigenvalue weighted by molar-refractivity contribution is -0.149. The summed E-state index contributed by atoms with van der Waals surface area (Å²) < 4.78 is 52.1. The first-order chi connectivity index (χ1) is 20.7. The number of piperidine rings is 1. The zero-order valence-electron chi connectivity index (χ0n) is 25.7. The van der Waals surface area contributed by atoms with Gasteiger partial charge in [-0.1, -0.05) is 69.3 Å². The minimum atomic E-state index is -4.38. The normalized spacial score (nSPS) is 16.5. The largest absolute Gasteiger partial charge is 0.463 e. The number of nitrogens with zero attached hydrogens (tertiary/aromatic N) is 2. The Morgan fingerprint density at radius 3 is 2.33 bits per heavy atom. The number of anilines is 2. The summed E-state index contributed by atoms with van der Waals surface area (Å²) in [5, 5.41) is 0. The maximum Gasteiger partial charge on any atom is 0.416 e. The number of esters is 1. The van der Waals surface area contributed by atoms with Gasteiger partial charge in [0, 0.05) is 35.8 Å². The number of ether oxygens (including phenoxy) is 2. The maximum absolute atomic E-state index is 13.5. The van der Waals surface area contributed by atoms with Crippen LogP contribution in [-0.4, -0.2) is 55.9 Å². The van der Waals surface area contributed by atoms with Crippen LogP contribution in [0.4, 0.5) is 24.5 Å². The Morgan fingerprint density at radius 1 is 0.884 bits per heavy atom. The Morgan fingerprint density at radius 2 is 1.58 bits per heavy atom. The summed E-state index contributed by atoms with van der Waals surface area (Å²) in [6, 6.07) is 12.0. The molecule has 0 spiro atoms. The van der Waals surface area contributed by atoms with Crippen LogP contribution in [0.3, 0.4) is 0 Å². The van der Waals surface area contributed by atoms with Gasteiger partial charge >= 0.3 is 12.1 Å². The molecule has 0 amide bonds. The second kappa shape index (κ2) is 16.2. The Hall–Kier alpha value is -2.23. The van der Waals surface area contributed by atoms with Crippen molar-refractivity contribution in [1.82, 2.24) is 4.90 Å². The lowest BCUT2D eigenvalue weighted by atomic mass is 9.93. The van der Waals surface area contributed by atoms with Crippen LogP contribution >= 0.6 is 11.8 Å². The number of para-hydroxylation sites is 1. The standard InChI is InChI=1S/C34H47F3N2O3S/c1-3-4-5-6-7-8-9-15-32(40)41-24-25-42-33(2)18-22-38(23-19-33)20-12-21-39-28-13-10-11-14-30(28)43-31-17-16-27(26-29(31)39)34(35,36)37/h10-11,13-14,16-17,26H,3-9,12,15,18-25H2,1-2H3. The second-order valence-electron chi connectivity index (χ2n) is 12.0. The van der Waals surface area contributed by atoms with Crippen molar-refractivity contribution < 1.29 is 27.4 Å². The summed E-state index contributed by atoms with van der Waals surface area (Å²) in [5.74, 6) is -0.135. The van der Waals surface area contributed by atoms with E-state index in [2.05, 4.69) is 18.7 Å². The quantitative estimate of drug-likeness (QED) is 0.138. The van der Waals surface area contributed by atoms with Crippen LogP contribution in [0, 0.1) is 0 Å². The molecule has 1 fully saturated rings. The van der Waals surface area contributed by atoms with Crippen molar-refractivity contribution in [3.05, 3.63) is 48.0 Å². The molecule has 1 saturated heterocycles. The summed E-state index contributed by atoms with van der Waals surface area (Å²) in [7, 11) is 0. The van der Waals surface area contributed by atoms with Gasteiger partial charge in [0.15, 0.2) is 0 Å². The van der Waals surface area contributed by atoms with E-state index in [0.29, 0.717) is 31.9 Å². The minimum absolute atomic E-state index is 0.135. The van der Waals surface area contributed by atoms with Gasteiger partial charge in [0.1, 0.15) is 6.61 Å². The van der Waals surface area contributed by atoms with E-state index in [-0.39, 0.29) is 11.6 Å². The highest BCUT2D eigenvalue weighted by Gasteiger charge is 2.34. The highest BCUT2D eigenvalue weighted by Crippen LogP contribution is 2.49. The smallest absolute Gasteiger partial charge is 0.416 e. The molecule has 2 aliphatic heterocycles. The second-order valence-corrected chi connectivity index (χ2v) is 13.1. The number of alkyl halides is 3. The van der Waals surface area contributed by atoms with Gasteiger partial charge in [-0.05, 0) is 69.5 Å². The number of hydrogen-bond acceptors (Lipinski definition) is 6. The fourth-order valence-electron chi connectivity index (χ4n) is 5.84. The molecule has 9 heteroatoms. The fourth-order valence-corrected chi connectivity index (χ4v) is 6.91. The number of benzene rings is 2. The molecule has 0 saturated carbocycles. The van der Waals surface area contributed by atoms with E-state index >= 15 is 0 Å². The first kappa shape index (κ1) is 33.7. The van der Waals surface area contributed by atoms with Gasteiger partial charge in [-0.15, -0.1) is 0 Å². The molecule has 0 aliphatic carbocycles. The van der Waals surface area contributed by atoms with Gasteiger partial charge in [-0.3, -0.25) is 4.79 Å². The molecule has 0 aromatic heterocycles. The van der Waals surface area contributed by atoms with Gasteiger partial charge in [0.25, 0.3) is 0 Å². The van der Waals surface area contributed by atoms with E-state index in [1.165, 1.54) is 56.0 Å². The molecule has 0 atom stereocenters. The first-order valence-electron chi connectivity index (χ1n) is 16.0. The topological polar surface area (TPSA) is 42.0 Å². The van der Waals surface area contributed by atoms with Crippen LogP contribution in [0.25, 0.3) is 0 Å². The summed E-state index contributed by atoms with van der Waals surface area (Å²) >= 11 is 1.52. The van der Waals surface area contributed by atoms with E-state index in [1.54, 1.807) is 6.07 Å². The Balaban J connectivity index is 1.16. The zero-order valence-corrected chi connectivity index (χ0v) is 26.5. The van der Waals surface area contributed by atoms with Crippen LogP contribution < -0.4 is 4.90 Å². The highest BCUT2D eigenvalue weighted by molar-refractivity contribution is 7.99. The Bertz CT molecular complexity index is 1170. The molecule has 0 bridgehead atoms. The molecular weight excluding hydrogens is 573 g/mol. The summed E-state index contributed by atoms with van der Waals surface area (Å²) in [6.07, 6.45) is 6.95. The number of halogens is 3. The molecular formula is C34H47F3N2O3S. The lowest BCUT2D eigenvalue weighted by Gasteiger charge is -2.39. The van der Waals surface area contributed by atoms with Crippen molar-refractivity contribution in [1.29, 1.82) is 0 Å². The van der Waals surface area contributed by atoms with Crippen molar-refractivity contribution in [3.8, 4) is 0 Å². The van der Waals surface area contributed by atoms with E-state index in [1.807, 2.05) is 29.2 Å². The third-order valence-corrected chi connectivity index (χ3v) is 9.63. The molecule has 2 heterocycles. The Labute approximate surface area is 259 Å². The van der Waals surface area contributed by atoms with Crippen molar-refractivity contribution in [3.63, 3.8) is 0 Å². The van der Waals surface area contributed by atoms with E-state index in [4.69, 9.17) is 9.47 Å². The molecule has 238 valence electrons. The van der Waals surface area contributed by atoms with Crippen LogP contribution in [0.15, 0.2) is 52.3 Å². The number of fused-ring (bicyclic) bond motifs is 2. The maximum atomic E-state index is 13.5. The van der Waals surface area contributed by atoms with Crippen LogP contribution in [-0.2, 0) is 20.4 Å². The number of hydrogen-bond donors (Lipinski definition) is 0. The first-order valence-corrected chi connectivity index (χ1v) is 16.8. The fraction of sp³-hybridized carbons (Fsp3) is 0.618. The third-order valence-electron chi connectivity index (χ3n) is 8.50. The molecule has 43 heavy (non-hydrogen) atoms. The number of likely N-dealkylation sites (tertiary alicyclic amines) is 1. The average molecular weight is 621 g/mol. The average Bonchev–Trinajstić information content (AvgIpc) is 2.99. The molecule has 2 aliphatic rings. The van der Waals surface area contributed by atoms with E-state index < -0.39 is 11.7 Å². The zero-order chi connectivity index (χ0) is 30.7. The van der Waals surface area contributed by atoms with Crippen molar-refractivity contribution in [2.75, 3.05) is 44.3 Å². The van der Waals surface area contributed by atoms with Gasteiger partial charge in [0.2, 0.25) is 0 Å². The number of carbonyl (C=O) groups is 1. The predicted octanol–water partition coefficient (Wildman–Crippen LogP) is 9.25. The molecule has 0 N–H and O–H groups in total. The highest BCUT2D eigenvalue weighted by atomic mass is 32.2. The van der Waals surface area contributed by atoms with Gasteiger partial charge < -0.3 is 19.3 Å². The number of carbonyl (C=O) groups excluding carboxylic acids is 1. The van der Waals surface area contributed by atoms with E-state index in [0.717, 1.165) is 67.2 Å². The van der Waals surface area contributed by atoms with Crippen LogP contribution in [0.5, 0.6) is 0 Å². The van der Waals surface area contributed by atoms with Crippen molar-refractivity contribution in [2.45, 2.75) is 106 Å². The molecule has 5 nitrogen and oxygen atoms in total. The van der Waals surface area contributed by atoms with Crippen LogP contribution in [0.2, 0.25) is 0 Å². The summed E-state index contributed by atoms with van der Waals surface area (Å²) in [4.78, 5) is 18.4. The van der Waals surface area contributed by atoms with Gasteiger partial charge in [-0.2, -0.15) is 13.2 Å². The van der Waals surface area contributed by atoms with Gasteiger partial charge in [0.05, 0.1) is 29.1 Å². The SMILES string of the molecule is CCCCCCCCCC(=O)OCCOC1(C)CCN(CCCN2c3ccccc3Sc3ccc(C(F)(F)F)cc32)CC1. The minimum Gasteiger partial charge on any atom is -0.463 e. The molecule has 0 radical (unpaired) electrons. The lowest BCUT2D eigenvalue weighted by Crippen LogP contribution is -2.45. The molecule has 2 aromatic carbocycles. The van der Waals surface area contributed by atoms with Gasteiger partial charge in [-0.25, -0.2) is 0 Å². The molecule has 4 rings (SSSR count). The monoisotopic (exact) mass is 620 g/mol. The van der Waals surface area contributed by atoms with Crippen molar-refractivity contribution >= 4 is 29.1 Å².